The Balaban J connectivity index is 2.85. The third kappa shape index (κ3) is 4.99. The number of anilines is 1. The quantitative estimate of drug-likeness (QED) is 0.622. The van der Waals surface area contributed by atoms with Gasteiger partial charge < -0.3 is 15.2 Å². The number of esters is 2. The molecular formula is C14H19NO4. The smallest absolute Gasteiger partial charge is 0.310 e. The maximum atomic E-state index is 11.5. The van der Waals surface area contributed by atoms with Crippen LogP contribution in [0.2, 0.25) is 0 Å². The minimum Gasteiger partial charge on any atom is -0.466 e. The van der Waals surface area contributed by atoms with Crippen molar-refractivity contribution in [2.75, 3.05) is 18.9 Å². The van der Waals surface area contributed by atoms with Crippen molar-refractivity contribution in [1.82, 2.24) is 0 Å². The van der Waals surface area contributed by atoms with E-state index in [1.807, 2.05) is 0 Å². The Morgan fingerprint density at radius 2 is 1.53 bits per heavy atom. The highest BCUT2D eigenvalue weighted by molar-refractivity contribution is 5.77. The Bertz CT molecular complexity index is 457. The summed E-state index contributed by atoms with van der Waals surface area (Å²) in [4.78, 5) is 23.0. The van der Waals surface area contributed by atoms with Gasteiger partial charge >= 0.3 is 11.9 Å². The van der Waals surface area contributed by atoms with E-state index < -0.39 is 0 Å². The van der Waals surface area contributed by atoms with E-state index in [1.165, 1.54) is 0 Å². The molecule has 0 amide bonds. The Morgan fingerprint density at radius 3 is 2.05 bits per heavy atom. The van der Waals surface area contributed by atoms with E-state index in [1.54, 1.807) is 32.0 Å². The third-order valence-electron chi connectivity index (χ3n) is 2.51. The summed E-state index contributed by atoms with van der Waals surface area (Å²) >= 11 is 0. The summed E-state index contributed by atoms with van der Waals surface area (Å²) in [6.45, 7) is 4.16. The van der Waals surface area contributed by atoms with Crippen LogP contribution >= 0.6 is 0 Å². The largest absolute Gasteiger partial charge is 0.466 e. The van der Waals surface area contributed by atoms with Crippen LogP contribution in [-0.4, -0.2) is 25.2 Å². The molecule has 0 spiro atoms. The number of carbonyl (C=O) groups excluding carboxylic acids is 2. The normalized spacial score (nSPS) is 10.0. The molecule has 0 bridgehead atoms. The van der Waals surface area contributed by atoms with Gasteiger partial charge in [-0.1, -0.05) is 6.07 Å². The Morgan fingerprint density at radius 1 is 1.00 bits per heavy atom. The highest BCUT2D eigenvalue weighted by Crippen LogP contribution is 2.16. The SMILES string of the molecule is CCOC(=O)Cc1ccc(N)cc1CC(=O)OCC. The molecule has 0 saturated carbocycles. The first kappa shape index (κ1) is 15.0. The molecule has 0 radical (unpaired) electrons. The second kappa shape index (κ2) is 7.41. The molecule has 0 saturated heterocycles. The van der Waals surface area contributed by atoms with Gasteiger partial charge in [0.15, 0.2) is 0 Å². The second-order valence-corrected chi connectivity index (χ2v) is 3.99. The third-order valence-corrected chi connectivity index (χ3v) is 2.51. The monoisotopic (exact) mass is 265 g/mol. The van der Waals surface area contributed by atoms with Crippen LogP contribution in [0.3, 0.4) is 0 Å². The van der Waals surface area contributed by atoms with Crippen molar-refractivity contribution < 1.29 is 19.1 Å². The molecule has 19 heavy (non-hydrogen) atoms. The van der Waals surface area contributed by atoms with Crippen molar-refractivity contribution in [2.24, 2.45) is 0 Å². The van der Waals surface area contributed by atoms with Crippen molar-refractivity contribution in [3.8, 4) is 0 Å². The molecule has 0 aliphatic rings. The molecule has 1 aromatic rings. The van der Waals surface area contributed by atoms with E-state index in [0.717, 1.165) is 5.56 Å². The van der Waals surface area contributed by atoms with Crippen molar-refractivity contribution >= 4 is 17.6 Å². The molecule has 0 unspecified atom stereocenters. The number of carbonyl (C=O) groups is 2. The molecule has 0 fully saturated rings. The number of hydrogen-bond donors (Lipinski definition) is 1. The van der Waals surface area contributed by atoms with Crippen molar-refractivity contribution in [1.29, 1.82) is 0 Å². The molecule has 104 valence electrons. The first-order valence-electron chi connectivity index (χ1n) is 6.25. The molecule has 0 aliphatic heterocycles. The minimum atomic E-state index is -0.335. The van der Waals surface area contributed by atoms with E-state index in [-0.39, 0.29) is 24.8 Å². The van der Waals surface area contributed by atoms with E-state index in [0.29, 0.717) is 24.5 Å². The van der Waals surface area contributed by atoms with Gasteiger partial charge in [0.1, 0.15) is 0 Å². The standard InChI is InChI=1S/C14H19NO4/c1-3-18-13(16)8-10-5-6-12(15)7-11(10)9-14(17)19-4-2/h5-7H,3-4,8-9,15H2,1-2H3. The zero-order valence-electron chi connectivity index (χ0n) is 11.3. The fraction of sp³-hybridized carbons (Fsp3) is 0.429. The molecule has 1 aromatic carbocycles. The average molecular weight is 265 g/mol. The fourth-order valence-electron chi connectivity index (χ4n) is 1.72. The summed E-state index contributed by atoms with van der Waals surface area (Å²) in [5, 5.41) is 0. The summed E-state index contributed by atoms with van der Waals surface area (Å²) in [6.07, 6.45) is 0.233. The lowest BCUT2D eigenvalue weighted by Gasteiger charge is -2.10. The Hall–Kier alpha value is -2.04. The molecule has 5 heteroatoms. The summed E-state index contributed by atoms with van der Waals surface area (Å²) in [5.41, 5.74) is 7.68. The molecule has 1 rings (SSSR count). The van der Waals surface area contributed by atoms with E-state index in [9.17, 15) is 9.59 Å². The number of nitrogen functional groups attached to an aromatic ring is 1. The lowest BCUT2D eigenvalue weighted by molar-refractivity contribution is -0.143. The van der Waals surface area contributed by atoms with Gasteiger partial charge in [-0.05, 0) is 37.1 Å². The predicted octanol–water partition coefficient (Wildman–Crippen LogP) is 1.48. The second-order valence-electron chi connectivity index (χ2n) is 3.99. The maximum absolute atomic E-state index is 11.5. The number of hydrogen-bond acceptors (Lipinski definition) is 5. The number of benzene rings is 1. The summed E-state index contributed by atoms with van der Waals surface area (Å²) in [6, 6.07) is 5.12. The lowest BCUT2D eigenvalue weighted by atomic mass is 10.0. The van der Waals surface area contributed by atoms with Crippen LogP contribution in [0.5, 0.6) is 0 Å². The predicted molar refractivity (Wildman–Crippen MR) is 71.5 cm³/mol. The number of ether oxygens (including phenoxy) is 2. The van der Waals surface area contributed by atoms with Crippen LogP contribution in [0.15, 0.2) is 18.2 Å². The van der Waals surface area contributed by atoms with Crippen molar-refractivity contribution in [3.05, 3.63) is 29.3 Å². The lowest BCUT2D eigenvalue weighted by Crippen LogP contribution is -2.13. The van der Waals surface area contributed by atoms with Crippen LogP contribution in [0.1, 0.15) is 25.0 Å². The van der Waals surface area contributed by atoms with Crippen molar-refractivity contribution in [3.63, 3.8) is 0 Å². The highest BCUT2D eigenvalue weighted by Gasteiger charge is 2.13. The molecule has 2 N–H and O–H groups in total. The number of rotatable bonds is 6. The molecular weight excluding hydrogens is 246 g/mol. The van der Waals surface area contributed by atoms with E-state index >= 15 is 0 Å². The van der Waals surface area contributed by atoms with E-state index in [4.69, 9.17) is 15.2 Å². The van der Waals surface area contributed by atoms with Crippen LogP contribution in [0.4, 0.5) is 5.69 Å². The summed E-state index contributed by atoms with van der Waals surface area (Å²) < 4.78 is 9.79. The van der Waals surface area contributed by atoms with Gasteiger partial charge in [-0.3, -0.25) is 9.59 Å². The fourth-order valence-corrected chi connectivity index (χ4v) is 1.72. The molecule has 0 heterocycles. The van der Waals surface area contributed by atoms with Crippen LogP contribution in [0.25, 0.3) is 0 Å². The highest BCUT2D eigenvalue weighted by atomic mass is 16.5. The van der Waals surface area contributed by atoms with Gasteiger partial charge in [-0.2, -0.15) is 0 Å². The molecule has 0 aliphatic carbocycles. The van der Waals surface area contributed by atoms with Crippen molar-refractivity contribution in [2.45, 2.75) is 26.7 Å². The minimum absolute atomic E-state index is 0.105. The average Bonchev–Trinajstić information content (AvgIpc) is 2.33. The summed E-state index contributed by atoms with van der Waals surface area (Å²) in [5.74, 6) is -0.657. The zero-order chi connectivity index (χ0) is 14.3. The van der Waals surface area contributed by atoms with Crippen LogP contribution < -0.4 is 5.73 Å². The molecule has 0 aromatic heterocycles. The molecule has 5 nitrogen and oxygen atoms in total. The van der Waals surface area contributed by atoms with Gasteiger partial charge in [0.25, 0.3) is 0 Å². The van der Waals surface area contributed by atoms with Gasteiger partial charge in [0.2, 0.25) is 0 Å². The number of nitrogens with two attached hydrogens (primary N) is 1. The summed E-state index contributed by atoms with van der Waals surface area (Å²) in [7, 11) is 0. The van der Waals surface area contributed by atoms with Gasteiger partial charge in [0.05, 0.1) is 26.1 Å². The van der Waals surface area contributed by atoms with Gasteiger partial charge in [-0.15, -0.1) is 0 Å². The Labute approximate surface area is 112 Å². The van der Waals surface area contributed by atoms with E-state index in [2.05, 4.69) is 0 Å². The Kier molecular flexibility index (Phi) is 5.85. The molecule has 0 atom stereocenters. The first-order valence-corrected chi connectivity index (χ1v) is 6.25. The van der Waals surface area contributed by atoms with Gasteiger partial charge in [0, 0.05) is 5.69 Å². The topological polar surface area (TPSA) is 78.6 Å². The van der Waals surface area contributed by atoms with Crippen LogP contribution in [-0.2, 0) is 31.9 Å². The van der Waals surface area contributed by atoms with Crippen LogP contribution in [0, 0.1) is 0 Å². The zero-order valence-corrected chi connectivity index (χ0v) is 11.3. The van der Waals surface area contributed by atoms with Gasteiger partial charge in [-0.25, -0.2) is 0 Å². The first-order chi connectivity index (χ1) is 9.06. The maximum Gasteiger partial charge on any atom is 0.310 e.